The molecule has 180 valence electrons. The summed E-state index contributed by atoms with van der Waals surface area (Å²) in [5.41, 5.74) is 0.0308. The molecule has 0 saturated carbocycles. The van der Waals surface area contributed by atoms with Gasteiger partial charge in [0.1, 0.15) is 12.0 Å². The summed E-state index contributed by atoms with van der Waals surface area (Å²) in [7, 11) is 0. The molecule has 0 aliphatic carbocycles. The molecule has 1 aliphatic heterocycles. The standard InChI is InChI=1S/C25H40N2O5/c1-2-3-10-15-30-16-11-8-6-4-5-7-9-12-21-17-20-18-27(25(29)26-24(20)32-21)23-14-13-22(19-28)31-23/h17-18,22-23,28H,2-16,19H2,1H3/t22-,23+/m1/s1. The van der Waals surface area contributed by atoms with Gasteiger partial charge in [0, 0.05) is 25.8 Å². The third kappa shape index (κ3) is 7.71. The third-order valence-electron chi connectivity index (χ3n) is 6.19. The van der Waals surface area contributed by atoms with Crippen LogP contribution >= 0.6 is 0 Å². The Labute approximate surface area is 191 Å². The molecule has 32 heavy (non-hydrogen) atoms. The fraction of sp³-hybridized carbons (Fsp3) is 0.760. The molecule has 2 atom stereocenters. The second kappa shape index (κ2) is 13.8. The summed E-state index contributed by atoms with van der Waals surface area (Å²) >= 11 is 0. The molecule has 0 amide bonds. The monoisotopic (exact) mass is 448 g/mol. The van der Waals surface area contributed by atoms with Crippen molar-refractivity contribution in [3.05, 3.63) is 28.5 Å². The molecule has 1 saturated heterocycles. The van der Waals surface area contributed by atoms with Gasteiger partial charge in [0.25, 0.3) is 0 Å². The lowest BCUT2D eigenvalue weighted by Gasteiger charge is -2.14. The quantitative estimate of drug-likeness (QED) is 0.358. The molecule has 1 fully saturated rings. The Kier molecular flexibility index (Phi) is 10.7. The van der Waals surface area contributed by atoms with Crippen molar-refractivity contribution >= 4 is 11.1 Å². The summed E-state index contributed by atoms with van der Waals surface area (Å²) in [6.07, 6.45) is 15.7. The lowest BCUT2D eigenvalue weighted by Crippen LogP contribution is -2.27. The Morgan fingerprint density at radius 2 is 1.78 bits per heavy atom. The van der Waals surface area contributed by atoms with E-state index < -0.39 is 0 Å². The number of hydrogen-bond acceptors (Lipinski definition) is 6. The summed E-state index contributed by atoms with van der Waals surface area (Å²) in [6, 6.07) is 1.98. The average Bonchev–Trinajstić information content (AvgIpc) is 3.42. The van der Waals surface area contributed by atoms with Crippen molar-refractivity contribution in [2.75, 3.05) is 19.8 Å². The van der Waals surface area contributed by atoms with Crippen molar-refractivity contribution in [3.63, 3.8) is 0 Å². The average molecular weight is 449 g/mol. The fourth-order valence-electron chi connectivity index (χ4n) is 4.28. The summed E-state index contributed by atoms with van der Waals surface area (Å²) < 4.78 is 18.7. The number of hydrogen-bond donors (Lipinski definition) is 1. The molecule has 2 aromatic heterocycles. The van der Waals surface area contributed by atoms with Crippen LogP contribution in [0.15, 0.2) is 21.5 Å². The second-order valence-corrected chi connectivity index (χ2v) is 8.92. The highest BCUT2D eigenvalue weighted by molar-refractivity contribution is 5.72. The minimum absolute atomic E-state index is 0.0235. The smallest absolute Gasteiger partial charge is 0.353 e. The number of aromatic nitrogens is 2. The van der Waals surface area contributed by atoms with Crippen LogP contribution in [0.5, 0.6) is 0 Å². The van der Waals surface area contributed by atoms with Gasteiger partial charge in [0.2, 0.25) is 5.71 Å². The zero-order valence-corrected chi connectivity index (χ0v) is 19.6. The maximum Gasteiger partial charge on any atom is 0.353 e. The van der Waals surface area contributed by atoms with Gasteiger partial charge in [-0.3, -0.25) is 4.57 Å². The van der Waals surface area contributed by atoms with Gasteiger partial charge in [-0.05, 0) is 38.2 Å². The van der Waals surface area contributed by atoms with Crippen LogP contribution in [0.1, 0.15) is 96.0 Å². The van der Waals surface area contributed by atoms with E-state index in [0.29, 0.717) is 12.1 Å². The van der Waals surface area contributed by atoms with E-state index in [2.05, 4.69) is 11.9 Å². The Morgan fingerprint density at radius 1 is 1.06 bits per heavy atom. The highest BCUT2D eigenvalue weighted by Gasteiger charge is 2.27. The van der Waals surface area contributed by atoms with Crippen LogP contribution in [0, 0.1) is 0 Å². The van der Waals surface area contributed by atoms with Gasteiger partial charge in [-0.2, -0.15) is 4.98 Å². The van der Waals surface area contributed by atoms with E-state index in [1.807, 2.05) is 6.07 Å². The molecule has 0 bridgehead atoms. The number of furan rings is 1. The first-order valence-corrected chi connectivity index (χ1v) is 12.6. The van der Waals surface area contributed by atoms with Crippen molar-refractivity contribution in [3.8, 4) is 0 Å². The molecular weight excluding hydrogens is 408 g/mol. The number of nitrogens with zero attached hydrogens (tertiary/aromatic N) is 2. The Hall–Kier alpha value is -1.70. The van der Waals surface area contributed by atoms with Crippen LogP contribution in [0.4, 0.5) is 0 Å². The van der Waals surface area contributed by atoms with Gasteiger partial charge in [-0.25, -0.2) is 4.79 Å². The van der Waals surface area contributed by atoms with E-state index in [0.717, 1.165) is 43.6 Å². The van der Waals surface area contributed by atoms with Crippen LogP contribution in [-0.4, -0.2) is 40.6 Å². The van der Waals surface area contributed by atoms with Gasteiger partial charge in [0.05, 0.1) is 18.1 Å². The summed E-state index contributed by atoms with van der Waals surface area (Å²) in [5.74, 6) is 0.880. The topological polar surface area (TPSA) is 86.7 Å². The molecule has 1 N–H and O–H groups in total. The van der Waals surface area contributed by atoms with Gasteiger partial charge >= 0.3 is 5.69 Å². The fourth-order valence-corrected chi connectivity index (χ4v) is 4.28. The number of ether oxygens (including phenoxy) is 2. The first kappa shape index (κ1) is 24.9. The largest absolute Gasteiger partial charge is 0.443 e. The van der Waals surface area contributed by atoms with Crippen molar-refractivity contribution in [1.82, 2.24) is 9.55 Å². The van der Waals surface area contributed by atoms with Crippen molar-refractivity contribution in [2.24, 2.45) is 0 Å². The van der Waals surface area contributed by atoms with Crippen molar-refractivity contribution < 1.29 is 19.0 Å². The predicted molar refractivity (Wildman–Crippen MR) is 125 cm³/mol. The minimum atomic E-state index is -0.367. The normalized spacial score (nSPS) is 18.7. The van der Waals surface area contributed by atoms with E-state index in [-0.39, 0.29) is 24.6 Å². The number of aliphatic hydroxyl groups is 1. The Morgan fingerprint density at radius 3 is 2.50 bits per heavy atom. The summed E-state index contributed by atoms with van der Waals surface area (Å²) in [4.78, 5) is 16.4. The molecule has 3 rings (SSSR count). The lowest BCUT2D eigenvalue weighted by atomic mass is 10.1. The highest BCUT2D eigenvalue weighted by Crippen LogP contribution is 2.28. The molecule has 7 heteroatoms. The minimum Gasteiger partial charge on any atom is -0.443 e. The van der Waals surface area contributed by atoms with Gasteiger partial charge < -0.3 is 19.0 Å². The van der Waals surface area contributed by atoms with E-state index in [4.69, 9.17) is 13.9 Å². The van der Waals surface area contributed by atoms with E-state index in [9.17, 15) is 9.90 Å². The molecule has 0 unspecified atom stereocenters. The Bertz CT molecular complexity index is 846. The molecule has 0 radical (unpaired) electrons. The van der Waals surface area contributed by atoms with Crippen LogP contribution in [0.25, 0.3) is 11.1 Å². The SMILES string of the molecule is CCCCCOCCCCCCCCCc1cc2cn([C@@H]3CC[C@H](CO)O3)c(=O)nc2o1. The lowest BCUT2D eigenvalue weighted by molar-refractivity contribution is -0.0243. The van der Waals surface area contributed by atoms with Crippen molar-refractivity contribution in [2.45, 2.75) is 103 Å². The van der Waals surface area contributed by atoms with Crippen LogP contribution < -0.4 is 5.69 Å². The van der Waals surface area contributed by atoms with Crippen LogP contribution in [0.2, 0.25) is 0 Å². The number of rotatable bonds is 16. The predicted octanol–water partition coefficient (Wildman–Crippen LogP) is 5.14. The third-order valence-corrected chi connectivity index (χ3v) is 6.19. The summed E-state index contributed by atoms with van der Waals surface area (Å²) in [6.45, 7) is 4.02. The number of fused-ring (bicyclic) bond motifs is 1. The van der Waals surface area contributed by atoms with E-state index >= 15 is 0 Å². The number of unbranched alkanes of at least 4 members (excludes halogenated alkanes) is 8. The second-order valence-electron chi connectivity index (χ2n) is 8.92. The van der Waals surface area contributed by atoms with Gasteiger partial charge in [0.15, 0.2) is 0 Å². The first-order valence-electron chi connectivity index (χ1n) is 12.6. The Balaban J connectivity index is 1.31. The number of aliphatic hydroxyl groups excluding tert-OH is 1. The van der Waals surface area contributed by atoms with Crippen LogP contribution in [0.3, 0.4) is 0 Å². The zero-order chi connectivity index (χ0) is 22.6. The van der Waals surface area contributed by atoms with Crippen molar-refractivity contribution in [1.29, 1.82) is 0 Å². The van der Waals surface area contributed by atoms with Gasteiger partial charge in [-0.15, -0.1) is 0 Å². The number of aryl methyl sites for hydroxylation is 1. The van der Waals surface area contributed by atoms with Gasteiger partial charge in [-0.1, -0.05) is 51.9 Å². The maximum atomic E-state index is 12.4. The maximum absolute atomic E-state index is 12.4. The highest BCUT2D eigenvalue weighted by atomic mass is 16.5. The molecular formula is C25H40N2O5. The van der Waals surface area contributed by atoms with E-state index in [1.165, 1.54) is 62.4 Å². The molecule has 7 nitrogen and oxygen atoms in total. The van der Waals surface area contributed by atoms with E-state index in [1.54, 1.807) is 6.20 Å². The van der Waals surface area contributed by atoms with Crippen LogP contribution in [-0.2, 0) is 15.9 Å². The molecule has 0 aromatic carbocycles. The molecule has 2 aromatic rings. The molecule has 0 spiro atoms. The molecule has 1 aliphatic rings. The summed E-state index contributed by atoms with van der Waals surface area (Å²) in [5, 5.41) is 10.1. The zero-order valence-electron chi connectivity index (χ0n) is 19.6. The molecule has 3 heterocycles. The first-order chi connectivity index (χ1) is 15.7.